The van der Waals surface area contributed by atoms with E-state index < -0.39 is 23.8 Å². The topological polar surface area (TPSA) is 63.1 Å². The number of alkyl halides is 3. The highest BCUT2D eigenvalue weighted by atomic mass is 32.2. The number of rotatable bonds is 4. The number of hydrogen-bond donors (Lipinski definition) is 1. The third-order valence-electron chi connectivity index (χ3n) is 1.48. The van der Waals surface area contributed by atoms with Crippen molar-refractivity contribution >= 4 is 29.1 Å². The van der Waals surface area contributed by atoms with Crippen LogP contribution >= 0.6 is 23.1 Å². The fourth-order valence-electron chi connectivity index (χ4n) is 0.831. The first kappa shape index (κ1) is 13.2. The summed E-state index contributed by atoms with van der Waals surface area (Å²) in [6.45, 7) is 1.61. The van der Waals surface area contributed by atoms with Crippen molar-refractivity contribution in [1.29, 1.82) is 0 Å². The van der Waals surface area contributed by atoms with E-state index in [0.717, 1.165) is 11.3 Å². The molecular weight excluding hydrogens is 265 g/mol. The van der Waals surface area contributed by atoms with Crippen LogP contribution in [-0.4, -0.2) is 32.7 Å². The zero-order valence-electron chi connectivity index (χ0n) is 7.98. The van der Waals surface area contributed by atoms with Crippen molar-refractivity contribution in [2.24, 2.45) is 0 Å². The average molecular weight is 272 g/mol. The second kappa shape index (κ2) is 5.00. The smallest absolute Gasteiger partial charge is 0.401 e. The van der Waals surface area contributed by atoms with Gasteiger partial charge in [-0.15, -0.1) is 10.2 Å². The molecule has 16 heavy (non-hydrogen) atoms. The Balaban J connectivity index is 2.74. The number of nitrogens with zero attached hydrogens (tertiary/aromatic N) is 2. The lowest BCUT2D eigenvalue weighted by molar-refractivity contribution is -0.149. The molecule has 0 amide bonds. The van der Waals surface area contributed by atoms with Gasteiger partial charge in [-0.2, -0.15) is 13.2 Å². The standard InChI is InChI=1S/C7H7F3N2O2S2/c1-3-11-12-6(15-3)16-4(2-5(13)14)7(8,9)10/h4H,2H2,1H3,(H,13,14). The molecule has 0 bridgehead atoms. The van der Waals surface area contributed by atoms with Gasteiger partial charge in [0.05, 0.1) is 6.42 Å². The van der Waals surface area contributed by atoms with Gasteiger partial charge in [0.25, 0.3) is 0 Å². The van der Waals surface area contributed by atoms with E-state index in [-0.39, 0.29) is 4.34 Å². The first-order chi connectivity index (χ1) is 7.29. The molecule has 0 aliphatic carbocycles. The average Bonchev–Trinajstić information content (AvgIpc) is 2.47. The highest BCUT2D eigenvalue weighted by molar-refractivity contribution is 8.01. The third kappa shape index (κ3) is 3.97. The molecule has 9 heteroatoms. The van der Waals surface area contributed by atoms with Gasteiger partial charge in [-0.1, -0.05) is 23.1 Å². The summed E-state index contributed by atoms with van der Waals surface area (Å²) < 4.78 is 37.5. The van der Waals surface area contributed by atoms with Crippen molar-refractivity contribution in [3.63, 3.8) is 0 Å². The van der Waals surface area contributed by atoms with E-state index in [9.17, 15) is 18.0 Å². The summed E-state index contributed by atoms with van der Waals surface area (Å²) in [7, 11) is 0. The lowest BCUT2D eigenvalue weighted by Gasteiger charge is -2.15. The minimum absolute atomic E-state index is 0.126. The summed E-state index contributed by atoms with van der Waals surface area (Å²) in [5.41, 5.74) is 0. The van der Waals surface area contributed by atoms with Crippen molar-refractivity contribution in [3.05, 3.63) is 5.01 Å². The van der Waals surface area contributed by atoms with Crippen LogP contribution in [0.25, 0.3) is 0 Å². The first-order valence-corrected chi connectivity index (χ1v) is 5.74. The van der Waals surface area contributed by atoms with Crippen LogP contribution in [0.15, 0.2) is 4.34 Å². The first-order valence-electron chi connectivity index (χ1n) is 4.04. The van der Waals surface area contributed by atoms with E-state index in [1.165, 1.54) is 0 Å². The molecule has 1 N–H and O–H groups in total. The van der Waals surface area contributed by atoms with E-state index >= 15 is 0 Å². The number of aromatic nitrogens is 2. The minimum atomic E-state index is -4.57. The highest BCUT2D eigenvalue weighted by Crippen LogP contribution is 2.38. The van der Waals surface area contributed by atoms with E-state index in [0.29, 0.717) is 16.8 Å². The zero-order valence-corrected chi connectivity index (χ0v) is 9.62. The molecule has 0 radical (unpaired) electrons. The Hall–Kier alpha value is -0.830. The van der Waals surface area contributed by atoms with Crippen LogP contribution in [0.4, 0.5) is 13.2 Å². The Morgan fingerprint density at radius 3 is 2.56 bits per heavy atom. The summed E-state index contributed by atoms with van der Waals surface area (Å²) in [5.74, 6) is -1.49. The van der Waals surface area contributed by atoms with Crippen LogP contribution in [-0.2, 0) is 4.79 Å². The fraction of sp³-hybridized carbons (Fsp3) is 0.571. The SMILES string of the molecule is Cc1nnc(SC(CC(=O)O)C(F)(F)F)s1. The largest absolute Gasteiger partial charge is 0.481 e. The van der Waals surface area contributed by atoms with Crippen molar-refractivity contribution in [3.8, 4) is 0 Å². The summed E-state index contributed by atoms with van der Waals surface area (Å²) in [6, 6.07) is 0. The Morgan fingerprint density at radius 2 is 2.19 bits per heavy atom. The molecule has 0 saturated heterocycles. The second-order valence-corrected chi connectivity index (χ2v) is 5.46. The molecule has 0 aliphatic rings. The number of aryl methyl sites for hydroxylation is 1. The second-order valence-electron chi connectivity index (χ2n) is 2.83. The zero-order chi connectivity index (χ0) is 12.3. The Kier molecular flexibility index (Phi) is 4.14. The van der Waals surface area contributed by atoms with Crippen LogP contribution < -0.4 is 0 Å². The molecule has 1 unspecified atom stereocenters. The summed E-state index contributed by atoms with van der Waals surface area (Å²) in [6.07, 6.45) is -5.55. The monoisotopic (exact) mass is 272 g/mol. The summed E-state index contributed by atoms with van der Waals surface area (Å²) in [5, 5.41) is 14.0. The van der Waals surface area contributed by atoms with Gasteiger partial charge in [0.2, 0.25) is 0 Å². The predicted molar refractivity (Wildman–Crippen MR) is 52.6 cm³/mol. The quantitative estimate of drug-likeness (QED) is 0.852. The van der Waals surface area contributed by atoms with Gasteiger partial charge in [0, 0.05) is 0 Å². The Labute approximate surface area is 96.9 Å². The Bertz CT molecular complexity index is 380. The molecule has 0 aromatic carbocycles. The number of hydrogen-bond acceptors (Lipinski definition) is 5. The maximum absolute atomic E-state index is 12.4. The van der Waals surface area contributed by atoms with E-state index in [2.05, 4.69) is 10.2 Å². The number of thioether (sulfide) groups is 1. The van der Waals surface area contributed by atoms with Crippen molar-refractivity contribution in [1.82, 2.24) is 10.2 Å². The number of carboxylic acid groups (broad SMARTS) is 1. The van der Waals surface area contributed by atoms with Gasteiger partial charge in [0.15, 0.2) is 4.34 Å². The molecule has 1 heterocycles. The van der Waals surface area contributed by atoms with Crippen LogP contribution in [0.3, 0.4) is 0 Å². The van der Waals surface area contributed by atoms with E-state index in [4.69, 9.17) is 5.11 Å². The number of carbonyl (C=O) groups is 1. The maximum Gasteiger partial charge on any atom is 0.401 e. The molecular formula is C7H7F3N2O2S2. The molecule has 1 atom stereocenters. The highest BCUT2D eigenvalue weighted by Gasteiger charge is 2.42. The van der Waals surface area contributed by atoms with Crippen LogP contribution in [0.1, 0.15) is 11.4 Å². The van der Waals surface area contributed by atoms with Gasteiger partial charge in [-0.05, 0) is 6.92 Å². The molecule has 1 aromatic rings. The van der Waals surface area contributed by atoms with Crippen LogP contribution in [0, 0.1) is 6.92 Å². The van der Waals surface area contributed by atoms with Crippen molar-refractivity contribution in [2.75, 3.05) is 0 Å². The maximum atomic E-state index is 12.4. The van der Waals surface area contributed by atoms with Crippen LogP contribution in [0.5, 0.6) is 0 Å². The number of carboxylic acids is 1. The third-order valence-corrected chi connectivity index (χ3v) is 3.65. The number of aliphatic carboxylic acids is 1. The van der Waals surface area contributed by atoms with Crippen molar-refractivity contribution in [2.45, 2.75) is 29.1 Å². The fourth-order valence-corrected chi connectivity index (χ4v) is 2.84. The number of halogens is 3. The predicted octanol–water partition coefficient (Wildman–Crippen LogP) is 2.34. The lowest BCUT2D eigenvalue weighted by Crippen LogP contribution is -2.28. The van der Waals surface area contributed by atoms with Gasteiger partial charge in [-0.3, -0.25) is 4.79 Å². The van der Waals surface area contributed by atoms with Gasteiger partial charge in [-0.25, -0.2) is 0 Å². The lowest BCUT2D eigenvalue weighted by atomic mass is 10.3. The molecule has 0 saturated carbocycles. The van der Waals surface area contributed by atoms with Gasteiger partial charge >= 0.3 is 12.1 Å². The van der Waals surface area contributed by atoms with Gasteiger partial charge in [0.1, 0.15) is 10.3 Å². The molecule has 0 spiro atoms. The normalized spacial score (nSPS) is 13.8. The minimum Gasteiger partial charge on any atom is -0.481 e. The molecule has 0 fully saturated rings. The van der Waals surface area contributed by atoms with Crippen molar-refractivity contribution < 1.29 is 23.1 Å². The van der Waals surface area contributed by atoms with E-state index in [1.807, 2.05) is 0 Å². The molecule has 1 rings (SSSR count). The summed E-state index contributed by atoms with van der Waals surface area (Å²) >= 11 is 1.39. The molecule has 90 valence electrons. The summed E-state index contributed by atoms with van der Waals surface area (Å²) in [4.78, 5) is 10.3. The van der Waals surface area contributed by atoms with Crippen LogP contribution in [0.2, 0.25) is 0 Å². The van der Waals surface area contributed by atoms with E-state index in [1.54, 1.807) is 6.92 Å². The Morgan fingerprint density at radius 1 is 1.56 bits per heavy atom. The van der Waals surface area contributed by atoms with Gasteiger partial charge < -0.3 is 5.11 Å². The molecule has 0 aliphatic heterocycles. The molecule has 1 aromatic heterocycles. The molecule has 4 nitrogen and oxygen atoms in total.